The summed E-state index contributed by atoms with van der Waals surface area (Å²) in [7, 11) is 0. The van der Waals surface area contributed by atoms with E-state index in [4.69, 9.17) is 0 Å². The topological polar surface area (TPSA) is 15.3 Å². The van der Waals surface area contributed by atoms with Crippen LogP contribution < -0.4 is 5.32 Å². The second kappa shape index (κ2) is 6.05. The van der Waals surface area contributed by atoms with Crippen LogP contribution in [0.1, 0.15) is 59.3 Å². The van der Waals surface area contributed by atoms with Crippen molar-refractivity contribution >= 4 is 11.8 Å². The van der Waals surface area contributed by atoms with E-state index in [0.717, 1.165) is 17.9 Å². The molecule has 1 N–H and O–H groups in total. The molecule has 0 radical (unpaired) electrons. The SMILES string of the molecule is CSC1(CN2CC(C)(C3CC3)NCC2C(C)C)CCCC1. The number of nitrogens with zero attached hydrogens (tertiary/aromatic N) is 1. The van der Waals surface area contributed by atoms with Gasteiger partial charge in [0, 0.05) is 36.0 Å². The molecule has 0 amide bonds. The highest BCUT2D eigenvalue weighted by atomic mass is 32.2. The van der Waals surface area contributed by atoms with Gasteiger partial charge in [0.1, 0.15) is 0 Å². The summed E-state index contributed by atoms with van der Waals surface area (Å²) >= 11 is 2.15. The van der Waals surface area contributed by atoms with E-state index in [1.807, 2.05) is 0 Å². The molecule has 0 aromatic heterocycles. The van der Waals surface area contributed by atoms with Crippen LogP contribution in [0.25, 0.3) is 0 Å². The molecule has 2 saturated carbocycles. The van der Waals surface area contributed by atoms with Gasteiger partial charge >= 0.3 is 0 Å². The van der Waals surface area contributed by atoms with Crippen LogP contribution in [0, 0.1) is 11.8 Å². The van der Waals surface area contributed by atoms with E-state index in [9.17, 15) is 0 Å². The van der Waals surface area contributed by atoms with Crippen molar-refractivity contribution in [2.75, 3.05) is 25.9 Å². The highest BCUT2D eigenvalue weighted by Gasteiger charge is 2.48. The average molecular weight is 311 g/mol. The van der Waals surface area contributed by atoms with E-state index in [-0.39, 0.29) is 0 Å². The van der Waals surface area contributed by atoms with Crippen LogP contribution in [0.4, 0.5) is 0 Å². The summed E-state index contributed by atoms with van der Waals surface area (Å²) in [5.41, 5.74) is 0.379. The third-order valence-electron chi connectivity index (χ3n) is 6.40. The Morgan fingerprint density at radius 3 is 2.43 bits per heavy atom. The molecule has 21 heavy (non-hydrogen) atoms. The maximum atomic E-state index is 3.93. The highest BCUT2D eigenvalue weighted by Crippen LogP contribution is 2.45. The zero-order chi connectivity index (χ0) is 15.1. The molecular formula is C18H34N2S. The Balaban J connectivity index is 1.73. The molecule has 0 aromatic rings. The maximum absolute atomic E-state index is 3.93. The van der Waals surface area contributed by atoms with Crippen LogP contribution in [0.5, 0.6) is 0 Å². The van der Waals surface area contributed by atoms with E-state index in [0.29, 0.717) is 10.3 Å². The first-order valence-electron chi connectivity index (χ1n) is 9.02. The van der Waals surface area contributed by atoms with Gasteiger partial charge in [0.25, 0.3) is 0 Å². The van der Waals surface area contributed by atoms with Crippen LogP contribution in [0.2, 0.25) is 0 Å². The van der Waals surface area contributed by atoms with Gasteiger partial charge in [-0.15, -0.1) is 0 Å². The van der Waals surface area contributed by atoms with E-state index in [2.05, 4.69) is 49.0 Å². The smallest absolute Gasteiger partial charge is 0.0309 e. The van der Waals surface area contributed by atoms with Crippen LogP contribution in [-0.4, -0.2) is 47.1 Å². The van der Waals surface area contributed by atoms with E-state index >= 15 is 0 Å². The third kappa shape index (κ3) is 3.30. The normalized spacial score (nSPS) is 37.3. The molecule has 2 aliphatic carbocycles. The molecule has 0 bridgehead atoms. The summed E-state index contributed by atoms with van der Waals surface area (Å²) in [6, 6.07) is 0.724. The summed E-state index contributed by atoms with van der Waals surface area (Å²) in [4.78, 5) is 2.88. The predicted molar refractivity (Wildman–Crippen MR) is 94.0 cm³/mol. The minimum Gasteiger partial charge on any atom is -0.308 e. The number of piperazine rings is 1. The van der Waals surface area contributed by atoms with E-state index in [1.54, 1.807) is 0 Å². The molecule has 1 saturated heterocycles. The lowest BCUT2D eigenvalue weighted by Crippen LogP contribution is -2.66. The van der Waals surface area contributed by atoms with Gasteiger partial charge in [-0.1, -0.05) is 26.7 Å². The molecule has 2 nitrogen and oxygen atoms in total. The lowest BCUT2D eigenvalue weighted by molar-refractivity contribution is 0.0450. The zero-order valence-electron chi connectivity index (χ0n) is 14.5. The standard InChI is InChI=1S/C18H34N2S/c1-14(2)16-11-19-17(3,15-7-8-15)12-20(16)13-18(21-4)9-5-6-10-18/h14-16,19H,5-13H2,1-4H3. The van der Waals surface area contributed by atoms with Crippen molar-refractivity contribution < 1.29 is 0 Å². The number of rotatable bonds is 5. The quantitative estimate of drug-likeness (QED) is 0.832. The second-order valence-corrected chi connectivity index (χ2v) is 9.66. The Kier molecular flexibility index (Phi) is 4.65. The minimum atomic E-state index is 0.379. The van der Waals surface area contributed by atoms with Crippen molar-refractivity contribution in [3.63, 3.8) is 0 Å². The molecule has 3 heteroatoms. The first-order chi connectivity index (χ1) is 9.98. The van der Waals surface area contributed by atoms with Gasteiger partial charge in [-0.05, 0) is 50.7 Å². The molecule has 0 spiro atoms. The van der Waals surface area contributed by atoms with Crippen molar-refractivity contribution in [3.8, 4) is 0 Å². The molecule has 3 aliphatic rings. The average Bonchev–Trinajstić information content (AvgIpc) is 3.21. The van der Waals surface area contributed by atoms with Gasteiger partial charge in [0.05, 0.1) is 0 Å². The molecule has 3 rings (SSSR count). The Labute approximate surface area is 135 Å². The van der Waals surface area contributed by atoms with Crippen LogP contribution >= 0.6 is 11.8 Å². The van der Waals surface area contributed by atoms with Crippen LogP contribution in [-0.2, 0) is 0 Å². The van der Waals surface area contributed by atoms with E-state index < -0.39 is 0 Å². The highest BCUT2D eigenvalue weighted by molar-refractivity contribution is 8.00. The van der Waals surface area contributed by atoms with Gasteiger partial charge in [-0.3, -0.25) is 4.90 Å². The van der Waals surface area contributed by atoms with E-state index in [1.165, 1.54) is 58.2 Å². The van der Waals surface area contributed by atoms with Gasteiger partial charge in [-0.25, -0.2) is 0 Å². The summed E-state index contributed by atoms with van der Waals surface area (Å²) in [5, 5.41) is 3.93. The predicted octanol–water partition coefficient (Wildman–Crippen LogP) is 3.76. The van der Waals surface area contributed by atoms with Gasteiger partial charge in [0.2, 0.25) is 0 Å². The largest absolute Gasteiger partial charge is 0.308 e. The van der Waals surface area contributed by atoms with Crippen LogP contribution in [0.3, 0.4) is 0 Å². The number of nitrogens with one attached hydrogen (secondary N) is 1. The molecule has 3 fully saturated rings. The summed E-state index contributed by atoms with van der Waals surface area (Å²) < 4.78 is 0.551. The van der Waals surface area contributed by atoms with Gasteiger partial charge in [-0.2, -0.15) is 11.8 Å². The maximum Gasteiger partial charge on any atom is 0.0309 e. The fourth-order valence-corrected chi connectivity index (χ4v) is 5.69. The molecule has 2 unspecified atom stereocenters. The number of hydrogen-bond donors (Lipinski definition) is 1. The Morgan fingerprint density at radius 2 is 1.90 bits per heavy atom. The van der Waals surface area contributed by atoms with Gasteiger partial charge in [0.15, 0.2) is 0 Å². The van der Waals surface area contributed by atoms with Crippen molar-refractivity contribution in [2.45, 2.75) is 75.6 Å². The molecule has 2 atom stereocenters. The van der Waals surface area contributed by atoms with Crippen molar-refractivity contribution in [3.05, 3.63) is 0 Å². The first-order valence-corrected chi connectivity index (χ1v) is 10.2. The molecular weight excluding hydrogens is 276 g/mol. The molecule has 1 heterocycles. The van der Waals surface area contributed by atoms with Crippen molar-refractivity contribution in [2.24, 2.45) is 11.8 Å². The minimum absolute atomic E-state index is 0.379. The Hall–Kier alpha value is 0.270. The zero-order valence-corrected chi connectivity index (χ0v) is 15.3. The second-order valence-electron chi connectivity index (χ2n) is 8.38. The third-order valence-corrected chi connectivity index (χ3v) is 7.81. The summed E-state index contributed by atoms with van der Waals surface area (Å²) in [5.74, 6) is 1.68. The fourth-order valence-electron chi connectivity index (χ4n) is 4.70. The number of thioether (sulfide) groups is 1. The summed E-state index contributed by atoms with van der Waals surface area (Å²) in [6.07, 6.45) is 11.0. The number of hydrogen-bond acceptors (Lipinski definition) is 3. The fraction of sp³-hybridized carbons (Fsp3) is 1.00. The lowest BCUT2D eigenvalue weighted by atomic mass is 9.87. The lowest BCUT2D eigenvalue weighted by Gasteiger charge is -2.50. The van der Waals surface area contributed by atoms with Crippen molar-refractivity contribution in [1.82, 2.24) is 10.2 Å². The van der Waals surface area contributed by atoms with Crippen molar-refractivity contribution in [1.29, 1.82) is 0 Å². The molecule has 1 aliphatic heterocycles. The van der Waals surface area contributed by atoms with Crippen LogP contribution in [0.15, 0.2) is 0 Å². The van der Waals surface area contributed by atoms with Gasteiger partial charge < -0.3 is 5.32 Å². The Morgan fingerprint density at radius 1 is 1.24 bits per heavy atom. The molecule has 0 aromatic carbocycles. The first kappa shape index (κ1) is 16.1. The summed E-state index contributed by atoms with van der Waals surface area (Å²) in [6.45, 7) is 11.1. The molecule has 122 valence electrons. The Bertz CT molecular complexity index is 360. The monoisotopic (exact) mass is 310 g/mol.